The minimum absolute atomic E-state index is 0.999. The highest BCUT2D eigenvalue weighted by molar-refractivity contribution is 6.17. The van der Waals surface area contributed by atoms with Gasteiger partial charge < -0.3 is 4.98 Å². The van der Waals surface area contributed by atoms with E-state index in [1.165, 1.54) is 33.6 Å². The van der Waals surface area contributed by atoms with E-state index in [1.54, 1.807) is 0 Å². The zero-order chi connectivity index (χ0) is 10.5. The van der Waals surface area contributed by atoms with Gasteiger partial charge in [-0.05, 0) is 18.2 Å². The highest BCUT2D eigenvalue weighted by atomic mass is 14.9. The van der Waals surface area contributed by atoms with Crippen LogP contribution in [0.5, 0.6) is 0 Å². The lowest BCUT2D eigenvalue weighted by atomic mass is 9.95. The average molecular weight is 206 g/mol. The Morgan fingerprint density at radius 2 is 2.06 bits per heavy atom. The van der Waals surface area contributed by atoms with Crippen LogP contribution in [0, 0.1) is 0 Å². The number of fused-ring (bicyclic) bond motifs is 2. The van der Waals surface area contributed by atoms with Gasteiger partial charge in [-0.3, -0.25) is 4.99 Å². The molecule has 76 valence electrons. The van der Waals surface area contributed by atoms with E-state index in [2.05, 4.69) is 52.5 Å². The fourth-order valence-electron chi connectivity index (χ4n) is 2.43. The highest BCUT2D eigenvalue weighted by Gasteiger charge is 2.22. The van der Waals surface area contributed by atoms with E-state index in [1.807, 2.05) is 0 Å². The Labute approximate surface area is 93.0 Å². The minimum Gasteiger partial charge on any atom is -0.354 e. The van der Waals surface area contributed by atoms with Gasteiger partial charge in [-0.15, -0.1) is 0 Å². The van der Waals surface area contributed by atoms with Crippen molar-refractivity contribution in [2.75, 3.05) is 0 Å². The number of nitrogens with zero attached hydrogens (tertiary/aromatic N) is 1. The van der Waals surface area contributed by atoms with Gasteiger partial charge in [0.15, 0.2) is 0 Å². The fraction of sp³-hybridized carbons (Fsp3) is 0.0714. The topological polar surface area (TPSA) is 28.1 Å². The lowest BCUT2D eigenvalue weighted by molar-refractivity contribution is 1.10. The summed E-state index contributed by atoms with van der Waals surface area (Å²) >= 11 is 0. The summed E-state index contributed by atoms with van der Waals surface area (Å²) < 4.78 is 0. The quantitative estimate of drug-likeness (QED) is 0.685. The fourth-order valence-corrected chi connectivity index (χ4v) is 2.43. The summed E-state index contributed by atoms with van der Waals surface area (Å²) in [6.45, 7) is 0. The summed E-state index contributed by atoms with van der Waals surface area (Å²) in [5.74, 6) is 0. The minimum atomic E-state index is 0.999. The number of allylic oxidation sites excluding steroid dienone is 3. The standard InChI is InChI=1S/C14H10N2/c1-2-6-11-10(5-1)14-12(16-11)7-3-4-9-8-13(14)15-9/h1-7,16H,8H2/b4-3?,7-3-,9-4-,12-7?,14-13?. The van der Waals surface area contributed by atoms with Crippen molar-refractivity contribution in [3.8, 4) is 0 Å². The number of benzene rings is 1. The van der Waals surface area contributed by atoms with Gasteiger partial charge in [-0.1, -0.05) is 24.3 Å². The number of rotatable bonds is 0. The summed E-state index contributed by atoms with van der Waals surface area (Å²) in [5, 5.41) is 1.28. The van der Waals surface area contributed by atoms with E-state index in [0.717, 1.165) is 6.42 Å². The second-order valence-corrected chi connectivity index (χ2v) is 4.21. The molecule has 2 aliphatic heterocycles. The molecule has 3 heterocycles. The Bertz CT molecular complexity index is 684. The third-order valence-corrected chi connectivity index (χ3v) is 3.20. The zero-order valence-corrected chi connectivity index (χ0v) is 8.70. The molecule has 0 atom stereocenters. The Morgan fingerprint density at radius 3 is 3.00 bits per heavy atom. The van der Waals surface area contributed by atoms with Crippen LogP contribution in [-0.4, -0.2) is 10.7 Å². The molecule has 0 radical (unpaired) electrons. The Hall–Kier alpha value is -2.09. The van der Waals surface area contributed by atoms with Crippen LogP contribution in [0.1, 0.15) is 17.7 Å². The number of hydrogen-bond acceptors (Lipinski definition) is 1. The molecule has 2 bridgehead atoms. The first-order valence-corrected chi connectivity index (χ1v) is 5.48. The van der Waals surface area contributed by atoms with Crippen LogP contribution in [0.15, 0.2) is 47.1 Å². The van der Waals surface area contributed by atoms with Crippen LogP contribution in [0.3, 0.4) is 0 Å². The molecule has 2 heteroatoms. The average Bonchev–Trinajstić information content (AvgIpc) is 2.53. The third-order valence-electron chi connectivity index (χ3n) is 3.20. The second kappa shape index (κ2) is 2.73. The molecule has 0 amide bonds. The third kappa shape index (κ3) is 0.936. The molecule has 2 nitrogen and oxygen atoms in total. The largest absolute Gasteiger partial charge is 0.354 e. The van der Waals surface area contributed by atoms with Gasteiger partial charge in [0.1, 0.15) is 0 Å². The first-order valence-electron chi connectivity index (χ1n) is 5.48. The molecule has 0 fully saturated rings. The van der Waals surface area contributed by atoms with Gasteiger partial charge in [0, 0.05) is 34.3 Å². The maximum absolute atomic E-state index is 4.55. The number of nitrogens with one attached hydrogen (secondary N) is 1. The summed E-state index contributed by atoms with van der Waals surface area (Å²) in [6.07, 6.45) is 7.28. The lowest BCUT2D eigenvalue weighted by Crippen LogP contribution is -2.13. The molecule has 3 aliphatic rings. The monoisotopic (exact) mass is 206 g/mol. The van der Waals surface area contributed by atoms with Crippen LogP contribution in [0.2, 0.25) is 0 Å². The van der Waals surface area contributed by atoms with Gasteiger partial charge >= 0.3 is 0 Å². The molecule has 1 N–H and O–H groups in total. The molecular weight excluding hydrogens is 196 g/mol. The number of aliphatic imine (C=N–C) groups is 1. The predicted octanol–water partition coefficient (Wildman–Crippen LogP) is 3.27. The molecule has 1 aliphatic carbocycles. The van der Waals surface area contributed by atoms with Crippen LogP contribution in [-0.2, 0) is 0 Å². The smallest absolute Gasteiger partial charge is 0.0566 e. The predicted molar refractivity (Wildman–Crippen MR) is 66.6 cm³/mol. The van der Waals surface area contributed by atoms with Crippen molar-refractivity contribution in [1.29, 1.82) is 0 Å². The van der Waals surface area contributed by atoms with Crippen molar-refractivity contribution in [1.82, 2.24) is 4.98 Å². The van der Waals surface area contributed by atoms with Crippen LogP contribution < -0.4 is 0 Å². The zero-order valence-electron chi connectivity index (χ0n) is 8.70. The Kier molecular flexibility index (Phi) is 1.38. The summed E-state index contributed by atoms with van der Waals surface area (Å²) in [7, 11) is 0. The van der Waals surface area contributed by atoms with Crippen molar-refractivity contribution in [3.05, 3.63) is 53.4 Å². The van der Waals surface area contributed by atoms with Crippen molar-refractivity contribution in [2.24, 2.45) is 4.99 Å². The molecular formula is C14H10N2. The highest BCUT2D eigenvalue weighted by Crippen LogP contribution is 2.32. The normalized spacial score (nSPS) is 22.2. The molecule has 0 saturated heterocycles. The van der Waals surface area contributed by atoms with Crippen molar-refractivity contribution >= 4 is 22.7 Å². The molecule has 5 rings (SSSR count). The first-order chi connectivity index (χ1) is 7.92. The molecule has 1 aromatic heterocycles. The van der Waals surface area contributed by atoms with E-state index in [9.17, 15) is 0 Å². The Morgan fingerprint density at radius 1 is 1.19 bits per heavy atom. The molecule has 0 spiro atoms. The van der Waals surface area contributed by atoms with Gasteiger partial charge in [-0.2, -0.15) is 0 Å². The van der Waals surface area contributed by atoms with Gasteiger partial charge in [0.2, 0.25) is 0 Å². The van der Waals surface area contributed by atoms with E-state index < -0.39 is 0 Å². The molecule has 16 heavy (non-hydrogen) atoms. The summed E-state index contributed by atoms with van der Waals surface area (Å²) in [5.41, 5.74) is 6.04. The van der Waals surface area contributed by atoms with Crippen molar-refractivity contribution in [2.45, 2.75) is 6.42 Å². The maximum atomic E-state index is 4.55. The van der Waals surface area contributed by atoms with Crippen molar-refractivity contribution < 1.29 is 0 Å². The van der Waals surface area contributed by atoms with Gasteiger partial charge in [-0.25, -0.2) is 0 Å². The number of aromatic nitrogens is 1. The molecule has 2 aromatic rings. The first kappa shape index (κ1) is 8.11. The van der Waals surface area contributed by atoms with Crippen LogP contribution >= 0.6 is 0 Å². The van der Waals surface area contributed by atoms with E-state index in [4.69, 9.17) is 0 Å². The van der Waals surface area contributed by atoms with Gasteiger partial charge in [0.05, 0.1) is 5.71 Å². The molecule has 0 unspecified atom stereocenters. The molecule has 1 aromatic carbocycles. The van der Waals surface area contributed by atoms with Gasteiger partial charge in [0.25, 0.3) is 0 Å². The molecule has 0 saturated carbocycles. The van der Waals surface area contributed by atoms with E-state index in [-0.39, 0.29) is 0 Å². The number of aromatic amines is 1. The SMILES string of the molecule is C1=C\c2[nH]c3ccccc3c2C2=N\C(=C/1)C2. The summed E-state index contributed by atoms with van der Waals surface area (Å²) in [6, 6.07) is 8.41. The maximum Gasteiger partial charge on any atom is 0.0566 e. The number of hydrogen-bond donors (Lipinski definition) is 1. The summed E-state index contributed by atoms with van der Waals surface area (Å²) in [4.78, 5) is 7.99. The van der Waals surface area contributed by atoms with Crippen LogP contribution in [0.25, 0.3) is 17.0 Å². The lowest BCUT2D eigenvalue weighted by Gasteiger charge is -2.18. The van der Waals surface area contributed by atoms with Crippen molar-refractivity contribution in [3.63, 3.8) is 0 Å². The number of para-hydroxylation sites is 1. The van der Waals surface area contributed by atoms with E-state index in [0.29, 0.717) is 0 Å². The van der Waals surface area contributed by atoms with E-state index >= 15 is 0 Å². The number of H-pyrrole nitrogens is 1. The van der Waals surface area contributed by atoms with Crippen LogP contribution in [0.4, 0.5) is 0 Å². The Balaban J connectivity index is 2.14. The second-order valence-electron chi connectivity index (χ2n) is 4.21.